The summed E-state index contributed by atoms with van der Waals surface area (Å²) < 4.78 is 0. The quantitative estimate of drug-likeness (QED) is 0.382. The topological polar surface area (TPSA) is 0 Å². The van der Waals surface area contributed by atoms with Gasteiger partial charge in [-0.3, -0.25) is 0 Å². The lowest BCUT2D eigenvalue weighted by Crippen LogP contribution is -2.03. The third-order valence-electron chi connectivity index (χ3n) is 5.55. The van der Waals surface area contributed by atoms with Crippen LogP contribution < -0.4 is 0 Å². The van der Waals surface area contributed by atoms with Crippen molar-refractivity contribution in [3.63, 3.8) is 0 Å². The molecule has 31 heavy (non-hydrogen) atoms. The van der Waals surface area contributed by atoms with Crippen LogP contribution in [0.2, 0.25) is 0 Å². The van der Waals surface area contributed by atoms with Crippen LogP contribution in [0.4, 0.5) is 0 Å². The van der Waals surface area contributed by atoms with Crippen LogP contribution in [0, 0.1) is 0 Å². The molecule has 0 aliphatic heterocycles. The molecule has 160 valence electrons. The highest BCUT2D eigenvalue weighted by atomic mass is 14.2. The Morgan fingerprint density at radius 2 is 1.23 bits per heavy atom. The van der Waals surface area contributed by atoms with E-state index in [1.807, 2.05) is 0 Å². The molecule has 2 rings (SSSR count). The minimum atomic E-state index is 0.961. The molecule has 0 heterocycles. The number of benzene rings is 2. The van der Waals surface area contributed by atoms with Gasteiger partial charge >= 0.3 is 0 Å². The Bertz CT molecular complexity index is 1020. The molecule has 0 unspecified atom stereocenters. The molecular formula is C31H36. The van der Waals surface area contributed by atoms with Gasteiger partial charge in [0, 0.05) is 0 Å². The fourth-order valence-corrected chi connectivity index (χ4v) is 3.90. The average molecular weight is 409 g/mol. The fraction of sp³-hybridized carbons (Fsp3) is 0.226. The van der Waals surface area contributed by atoms with Crippen LogP contribution in [0.5, 0.6) is 0 Å². The Kier molecular flexibility index (Phi) is 9.78. The van der Waals surface area contributed by atoms with Gasteiger partial charge in [0.25, 0.3) is 0 Å². The van der Waals surface area contributed by atoms with Crippen LogP contribution in [0.3, 0.4) is 0 Å². The molecule has 0 N–H and O–H groups in total. The van der Waals surface area contributed by atoms with Gasteiger partial charge in [-0.15, -0.1) is 0 Å². The van der Waals surface area contributed by atoms with Gasteiger partial charge in [-0.05, 0) is 85.6 Å². The van der Waals surface area contributed by atoms with Crippen molar-refractivity contribution in [3.05, 3.63) is 131 Å². The van der Waals surface area contributed by atoms with Crippen molar-refractivity contribution in [1.29, 1.82) is 0 Å². The van der Waals surface area contributed by atoms with E-state index in [1.54, 1.807) is 0 Å². The molecular weight excluding hydrogens is 372 g/mol. The van der Waals surface area contributed by atoms with E-state index in [0.29, 0.717) is 0 Å². The first-order chi connectivity index (χ1) is 15.1. The second-order valence-corrected chi connectivity index (χ2v) is 7.55. The van der Waals surface area contributed by atoms with Crippen molar-refractivity contribution in [2.24, 2.45) is 0 Å². The van der Waals surface area contributed by atoms with Gasteiger partial charge in [0.15, 0.2) is 0 Å². The maximum Gasteiger partial charge on any atom is -0.00739 e. The first-order valence-electron chi connectivity index (χ1n) is 11.2. The van der Waals surface area contributed by atoms with Crippen LogP contribution in [0.15, 0.2) is 119 Å². The molecule has 0 saturated heterocycles. The van der Waals surface area contributed by atoms with Crippen molar-refractivity contribution >= 4 is 11.1 Å². The summed E-state index contributed by atoms with van der Waals surface area (Å²) >= 11 is 0. The number of hydrogen-bond donors (Lipinski definition) is 0. The summed E-state index contributed by atoms with van der Waals surface area (Å²) in [5, 5.41) is 0. The van der Waals surface area contributed by atoms with Crippen LogP contribution in [-0.2, 0) is 0 Å². The summed E-state index contributed by atoms with van der Waals surface area (Å²) in [6.45, 7) is 13.0. The number of hydrogen-bond acceptors (Lipinski definition) is 0. The maximum atomic E-state index is 2.27. The van der Waals surface area contributed by atoms with Gasteiger partial charge in [-0.2, -0.15) is 0 Å². The summed E-state index contributed by atoms with van der Waals surface area (Å²) in [6.07, 6.45) is 14.1. The lowest BCUT2D eigenvalue weighted by Gasteiger charge is -2.23. The maximum absolute atomic E-state index is 2.27. The average Bonchev–Trinajstić information content (AvgIpc) is 2.83. The van der Waals surface area contributed by atoms with Crippen molar-refractivity contribution < 1.29 is 0 Å². The molecule has 2 aromatic carbocycles. The Morgan fingerprint density at radius 1 is 0.710 bits per heavy atom. The van der Waals surface area contributed by atoms with Crippen LogP contribution in [-0.4, -0.2) is 0 Å². The van der Waals surface area contributed by atoms with Crippen LogP contribution in [0.1, 0.15) is 59.1 Å². The number of allylic oxidation sites excluding steroid dienone is 12. The zero-order chi connectivity index (χ0) is 22.6. The van der Waals surface area contributed by atoms with Gasteiger partial charge in [0.2, 0.25) is 0 Å². The van der Waals surface area contributed by atoms with Gasteiger partial charge in [-0.25, -0.2) is 0 Å². The standard InChI is InChI=1S/C31H36/c1-7-11-19-27(10-4)31(25(6)29-22-16-13-17-23-29)30(26(9-3)18-8-2)24(5)28-20-14-12-15-21-28/h7-9,11-23H,10H2,1-6H3/b11-7-,18-8-,26-9+,27-19+,30-24+,31-25+. The molecule has 0 aliphatic carbocycles. The van der Waals surface area contributed by atoms with Crippen molar-refractivity contribution in [2.45, 2.75) is 48.0 Å². The SMILES string of the molecule is C\C=C/C=C(CC)/C(C(/C(/C=C\C)=C/C)=C(\C)c1ccccc1)=C(/C)c1ccccc1. The predicted molar refractivity (Wildman–Crippen MR) is 140 cm³/mol. The Hall–Kier alpha value is -3.12. The highest BCUT2D eigenvalue weighted by Gasteiger charge is 2.19. The fourth-order valence-electron chi connectivity index (χ4n) is 3.90. The molecule has 0 amide bonds. The van der Waals surface area contributed by atoms with E-state index in [4.69, 9.17) is 0 Å². The zero-order valence-corrected chi connectivity index (χ0v) is 19.9. The molecule has 0 saturated carbocycles. The molecule has 0 atom stereocenters. The van der Waals surface area contributed by atoms with E-state index < -0.39 is 0 Å². The van der Waals surface area contributed by atoms with Gasteiger partial charge < -0.3 is 0 Å². The van der Waals surface area contributed by atoms with Gasteiger partial charge in [-0.1, -0.05) is 104 Å². The van der Waals surface area contributed by atoms with E-state index in [-0.39, 0.29) is 0 Å². The van der Waals surface area contributed by atoms with Gasteiger partial charge in [0.05, 0.1) is 0 Å². The van der Waals surface area contributed by atoms with Crippen molar-refractivity contribution in [2.75, 3.05) is 0 Å². The normalized spacial score (nSPS) is 14.8. The molecule has 2 aromatic rings. The van der Waals surface area contributed by atoms with Gasteiger partial charge in [0.1, 0.15) is 0 Å². The second-order valence-electron chi connectivity index (χ2n) is 7.55. The largest absolute Gasteiger partial charge is 0.0877 e. The van der Waals surface area contributed by atoms with Crippen molar-refractivity contribution in [1.82, 2.24) is 0 Å². The van der Waals surface area contributed by atoms with E-state index in [9.17, 15) is 0 Å². The second kappa shape index (κ2) is 12.5. The van der Waals surface area contributed by atoms with Crippen LogP contribution >= 0.6 is 0 Å². The lowest BCUT2D eigenvalue weighted by molar-refractivity contribution is 1.11. The monoisotopic (exact) mass is 408 g/mol. The predicted octanol–water partition coefficient (Wildman–Crippen LogP) is 9.37. The summed E-state index contributed by atoms with van der Waals surface area (Å²) in [7, 11) is 0. The van der Waals surface area contributed by atoms with E-state index in [1.165, 1.54) is 44.6 Å². The Morgan fingerprint density at radius 3 is 1.65 bits per heavy atom. The first kappa shape index (κ1) is 24.2. The van der Waals surface area contributed by atoms with Crippen molar-refractivity contribution in [3.8, 4) is 0 Å². The molecule has 0 heteroatoms. The highest BCUT2D eigenvalue weighted by Crippen LogP contribution is 2.39. The smallest absolute Gasteiger partial charge is 0.00739 e. The number of rotatable bonds is 8. The minimum Gasteiger partial charge on any atom is -0.0877 e. The summed E-state index contributed by atoms with van der Waals surface area (Å²) in [4.78, 5) is 0. The molecule has 0 aromatic heterocycles. The molecule has 0 bridgehead atoms. The lowest BCUT2D eigenvalue weighted by atomic mass is 9.81. The zero-order valence-electron chi connectivity index (χ0n) is 19.9. The minimum absolute atomic E-state index is 0.961. The first-order valence-corrected chi connectivity index (χ1v) is 11.2. The Labute approximate surface area is 189 Å². The van der Waals surface area contributed by atoms with E-state index in [2.05, 4.69) is 139 Å². The molecule has 0 nitrogen and oxygen atoms in total. The summed E-state index contributed by atoms with van der Waals surface area (Å²) in [5.41, 5.74) is 10.3. The Balaban J connectivity index is 3.01. The van der Waals surface area contributed by atoms with E-state index >= 15 is 0 Å². The third kappa shape index (κ3) is 6.18. The molecule has 0 aliphatic rings. The van der Waals surface area contributed by atoms with Crippen LogP contribution in [0.25, 0.3) is 11.1 Å². The third-order valence-corrected chi connectivity index (χ3v) is 5.55. The molecule has 0 radical (unpaired) electrons. The highest BCUT2D eigenvalue weighted by molar-refractivity contribution is 5.87. The molecule has 0 spiro atoms. The summed E-state index contributed by atoms with van der Waals surface area (Å²) in [5.74, 6) is 0. The summed E-state index contributed by atoms with van der Waals surface area (Å²) in [6, 6.07) is 21.4. The van der Waals surface area contributed by atoms with E-state index in [0.717, 1.165) is 6.42 Å². The molecule has 0 fully saturated rings.